The van der Waals surface area contributed by atoms with Crippen molar-refractivity contribution in [1.29, 1.82) is 0 Å². The molecule has 1 N–H and O–H groups in total. The summed E-state index contributed by atoms with van der Waals surface area (Å²) in [6, 6.07) is 20.0. The zero-order valence-electron chi connectivity index (χ0n) is 15.5. The Hall–Kier alpha value is -2.37. The van der Waals surface area contributed by atoms with Crippen LogP contribution in [-0.2, 0) is 10.2 Å². The second kappa shape index (κ2) is 8.33. The Morgan fingerprint density at radius 2 is 1.82 bits per heavy atom. The monoisotopic (exact) mass is 439 g/mol. The van der Waals surface area contributed by atoms with Crippen LogP contribution in [-0.4, -0.2) is 25.7 Å². The predicted molar refractivity (Wildman–Crippen MR) is 112 cm³/mol. The van der Waals surface area contributed by atoms with Gasteiger partial charge in [-0.1, -0.05) is 58.4 Å². The van der Waals surface area contributed by atoms with Gasteiger partial charge in [-0.25, -0.2) is 0 Å². The average Bonchev–Trinajstić information content (AvgIpc) is 3.23. The minimum Gasteiger partial charge on any atom is -0.459 e. The van der Waals surface area contributed by atoms with E-state index in [1.165, 1.54) is 5.56 Å². The van der Waals surface area contributed by atoms with Crippen LogP contribution in [0.25, 0.3) is 11.1 Å². The summed E-state index contributed by atoms with van der Waals surface area (Å²) < 4.78 is 12.2. The van der Waals surface area contributed by atoms with Crippen molar-refractivity contribution in [2.75, 3.05) is 19.8 Å². The topological polar surface area (TPSA) is 51.5 Å². The molecule has 3 aromatic rings. The third-order valence-electron chi connectivity index (χ3n) is 5.43. The summed E-state index contributed by atoms with van der Waals surface area (Å²) in [7, 11) is 0. The highest BCUT2D eigenvalue weighted by molar-refractivity contribution is 9.10. The minimum atomic E-state index is -0.190. The third kappa shape index (κ3) is 3.91. The van der Waals surface area contributed by atoms with Crippen LogP contribution in [0.4, 0.5) is 0 Å². The Balaban J connectivity index is 1.56. The molecule has 144 valence electrons. The van der Waals surface area contributed by atoms with Gasteiger partial charge in [0.15, 0.2) is 5.76 Å². The van der Waals surface area contributed by atoms with E-state index in [-0.39, 0.29) is 11.3 Å². The summed E-state index contributed by atoms with van der Waals surface area (Å²) in [4.78, 5) is 12.9. The van der Waals surface area contributed by atoms with Crippen LogP contribution in [0, 0.1) is 0 Å². The number of hydrogen-bond acceptors (Lipinski definition) is 3. The molecule has 0 unspecified atom stereocenters. The lowest BCUT2D eigenvalue weighted by molar-refractivity contribution is 0.0484. The van der Waals surface area contributed by atoms with Crippen LogP contribution in [0.1, 0.15) is 29.0 Å². The first-order chi connectivity index (χ1) is 13.7. The average molecular weight is 440 g/mol. The zero-order valence-corrected chi connectivity index (χ0v) is 17.1. The van der Waals surface area contributed by atoms with Crippen LogP contribution < -0.4 is 5.32 Å². The van der Waals surface area contributed by atoms with Crippen molar-refractivity contribution >= 4 is 21.8 Å². The number of carbonyl (C=O) groups is 1. The Kier molecular flexibility index (Phi) is 5.64. The number of benzene rings is 2. The van der Waals surface area contributed by atoms with Gasteiger partial charge in [0, 0.05) is 35.2 Å². The van der Waals surface area contributed by atoms with Crippen molar-refractivity contribution in [3.05, 3.63) is 82.7 Å². The van der Waals surface area contributed by atoms with E-state index in [2.05, 4.69) is 33.4 Å². The molecule has 5 heteroatoms. The molecule has 0 atom stereocenters. The lowest BCUT2D eigenvalue weighted by Gasteiger charge is -2.38. The number of ether oxygens (including phenoxy) is 1. The van der Waals surface area contributed by atoms with Gasteiger partial charge in [0.1, 0.15) is 0 Å². The highest BCUT2D eigenvalue weighted by Gasteiger charge is 2.35. The van der Waals surface area contributed by atoms with Gasteiger partial charge in [0.2, 0.25) is 0 Å². The number of halogens is 1. The van der Waals surface area contributed by atoms with Crippen molar-refractivity contribution in [3.8, 4) is 11.1 Å². The lowest BCUT2D eigenvalue weighted by atomic mass is 9.74. The molecule has 4 rings (SSSR count). The molecule has 0 bridgehead atoms. The van der Waals surface area contributed by atoms with E-state index in [1.807, 2.05) is 48.5 Å². The Morgan fingerprint density at radius 3 is 2.57 bits per heavy atom. The first-order valence-electron chi connectivity index (χ1n) is 9.43. The summed E-state index contributed by atoms with van der Waals surface area (Å²) in [5, 5.41) is 3.12. The molecule has 0 spiro atoms. The van der Waals surface area contributed by atoms with Crippen LogP contribution >= 0.6 is 15.9 Å². The maximum atomic E-state index is 12.9. The second-order valence-electron chi connectivity index (χ2n) is 7.12. The molecule has 0 aliphatic carbocycles. The van der Waals surface area contributed by atoms with E-state index < -0.39 is 0 Å². The van der Waals surface area contributed by atoms with Crippen LogP contribution in [0.3, 0.4) is 0 Å². The summed E-state index contributed by atoms with van der Waals surface area (Å²) in [5.74, 6) is 0.160. The predicted octanol–water partition coefficient (Wildman–Crippen LogP) is 5.19. The second-order valence-corrected chi connectivity index (χ2v) is 8.03. The Morgan fingerprint density at radius 1 is 1.04 bits per heavy atom. The van der Waals surface area contributed by atoms with Gasteiger partial charge in [-0.2, -0.15) is 0 Å². The summed E-state index contributed by atoms with van der Waals surface area (Å²) in [6.07, 6.45) is 3.30. The smallest absolute Gasteiger partial charge is 0.287 e. The Labute approximate surface area is 173 Å². The number of nitrogens with one attached hydrogen (secondary N) is 1. The van der Waals surface area contributed by atoms with Gasteiger partial charge in [0.25, 0.3) is 5.91 Å². The highest BCUT2D eigenvalue weighted by Crippen LogP contribution is 2.35. The van der Waals surface area contributed by atoms with Gasteiger partial charge in [0.05, 0.1) is 6.26 Å². The molecule has 2 heterocycles. The Bertz CT molecular complexity index is 945. The molecule has 0 saturated carbocycles. The fraction of sp³-hybridized carbons (Fsp3) is 0.261. The van der Waals surface area contributed by atoms with Gasteiger partial charge >= 0.3 is 0 Å². The molecule has 0 radical (unpaired) electrons. The summed E-state index contributed by atoms with van der Waals surface area (Å²) in [5.41, 5.74) is 2.85. The number of rotatable bonds is 5. The van der Waals surface area contributed by atoms with E-state index in [1.54, 1.807) is 6.26 Å². The molecule has 2 aromatic carbocycles. The highest BCUT2D eigenvalue weighted by atomic mass is 79.9. The number of carbonyl (C=O) groups excluding carboxylic acids is 1. The van der Waals surface area contributed by atoms with Crippen LogP contribution in [0.15, 0.2) is 75.8 Å². The first kappa shape index (κ1) is 19.0. The van der Waals surface area contributed by atoms with E-state index >= 15 is 0 Å². The van der Waals surface area contributed by atoms with Gasteiger partial charge in [-0.05, 0) is 42.2 Å². The fourth-order valence-electron chi connectivity index (χ4n) is 3.81. The molecular weight excluding hydrogens is 418 g/mol. The number of hydrogen-bond donors (Lipinski definition) is 1. The normalized spacial score (nSPS) is 15.9. The van der Waals surface area contributed by atoms with Gasteiger partial charge < -0.3 is 14.5 Å². The first-order valence-corrected chi connectivity index (χ1v) is 10.2. The van der Waals surface area contributed by atoms with Crippen LogP contribution in [0.2, 0.25) is 0 Å². The van der Waals surface area contributed by atoms with Crippen LogP contribution in [0.5, 0.6) is 0 Å². The van der Waals surface area contributed by atoms with Crippen molar-refractivity contribution in [2.45, 2.75) is 18.3 Å². The summed E-state index contributed by atoms with van der Waals surface area (Å²) in [6.45, 7) is 1.93. The van der Waals surface area contributed by atoms with E-state index in [0.29, 0.717) is 25.5 Å². The number of furan rings is 1. The maximum Gasteiger partial charge on any atom is 0.287 e. The molecule has 1 saturated heterocycles. The minimum absolute atomic E-state index is 0.142. The number of amides is 1. The SMILES string of the molecule is O=C(NCC1(c2cccc(Br)c2)CCOCC1)c1occc1-c1ccccc1. The maximum absolute atomic E-state index is 12.9. The van der Waals surface area contributed by atoms with Crippen molar-refractivity contribution < 1.29 is 13.9 Å². The van der Waals surface area contributed by atoms with Gasteiger partial charge in [-0.3, -0.25) is 4.79 Å². The molecule has 1 fully saturated rings. The molecule has 4 nitrogen and oxygen atoms in total. The molecule has 1 aliphatic heterocycles. The third-order valence-corrected chi connectivity index (χ3v) is 5.92. The quantitative estimate of drug-likeness (QED) is 0.595. The lowest BCUT2D eigenvalue weighted by Crippen LogP contribution is -2.44. The van der Waals surface area contributed by atoms with Crippen molar-refractivity contribution in [2.24, 2.45) is 0 Å². The van der Waals surface area contributed by atoms with Crippen molar-refractivity contribution in [1.82, 2.24) is 5.32 Å². The summed E-state index contributed by atoms with van der Waals surface area (Å²) >= 11 is 3.57. The van der Waals surface area contributed by atoms with E-state index in [9.17, 15) is 4.79 Å². The van der Waals surface area contributed by atoms with E-state index in [0.717, 1.165) is 28.4 Å². The van der Waals surface area contributed by atoms with Crippen molar-refractivity contribution in [3.63, 3.8) is 0 Å². The van der Waals surface area contributed by atoms with Gasteiger partial charge in [-0.15, -0.1) is 0 Å². The standard InChI is InChI=1S/C23H22BrNO3/c24-19-8-4-7-18(15-19)23(10-13-27-14-11-23)16-25-22(26)21-20(9-12-28-21)17-5-2-1-3-6-17/h1-9,12,15H,10-11,13-14,16H2,(H,25,26). The molecular formula is C23H22BrNO3. The molecule has 1 amide bonds. The molecule has 1 aliphatic rings. The zero-order chi connectivity index (χ0) is 19.4. The largest absolute Gasteiger partial charge is 0.459 e. The molecule has 1 aromatic heterocycles. The van der Waals surface area contributed by atoms with E-state index in [4.69, 9.17) is 9.15 Å². The molecule has 28 heavy (non-hydrogen) atoms. The fourth-order valence-corrected chi connectivity index (χ4v) is 4.21.